The maximum absolute atomic E-state index is 15.4. The van der Waals surface area contributed by atoms with Gasteiger partial charge in [0.1, 0.15) is 17.5 Å². The number of fused-ring (bicyclic) bond motifs is 1. The highest BCUT2D eigenvalue weighted by molar-refractivity contribution is 5.88. The molecule has 36 heavy (non-hydrogen) atoms. The maximum Gasteiger partial charge on any atom is 0.332 e. The number of benzene rings is 1. The fraction of sp³-hybridized carbons (Fsp3) is 0.345. The molecule has 1 N–H and O–H groups in total. The van der Waals surface area contributed by atoms with Crippen molar-refractivity contribution in [1.82, 2.24) is 9.97 Å². The molecule has 3 heterocycles. The Labute approximate surface area is 209 Å². The zero-order valence-corrected chi connectivity index (χ0v) is 20.5. The van der Waals surface area contributed by atoms with E-state index < -0.39 is 47.7 Å². The van der Waals surface area contributed by atoms with Crippen LogP contribution in [0.25, 0.3) is 17.2 Å². The molecule has 186 valence electrons. The summed E-state index contributed by atoms with van der Waals surface area (Å²) in [5.74, 6) is -5.47. The number of halogens is 2. The summed E-state index contributed by atoms with van der Waals surface area (Å²) in [6.45, 7) is 5.37. The van der Waals surface area contributed by atoms with Crippen LogP contribution in [0.15, 0.2) is 73.1 Å². The number of carbonyl (C=O) groups is 1. The van der Waals surface area contributed by atoms with E-state index in [0.717, 1.165) is 16.7 Å². The lowest BCUT2D eigenvalue weighted by Crippen LogP contribution is -2.61. The molecule has 5 rings (SSSR count). The largest absolute Gasteiger partial charge is 0.460 e. The number of rotatable bonds is 5. The summed E-state index contributed by atoms with van der Waals surface area (Å²) in [5.41, 5.74) is 2.33. The van der Waals surface area contributed by atoms with Crippen LogP contribution in [0.4, 0.5) is 14.6 Å². The van der Waals surface area contributed by atoms with E-state index in [0.29, 0.717) is 11.5 Å². The number of hydrogen-bond acceptors (Lipinski definition) is 5. The molecule has 5 nitrogen and oxygen atoms in total. The number of allylic oxidation sites excluding steroid dienone is 1. The number of ether oxygens (including phenoxy) is 1. The molecule has 1 saturated carbocycles. The van der Waals surface area contributed by atoms with Gasteiger partial charge in [-0.05, 0) is 55.2 Å². The van der Waals surface area contributed by atoms with Crippen molar-refractivity contribution in [2.75, 3.05) is 5.32 Å². The van der Waals surface area contributed by atoms with Crippen LogP contribution in [0.5, 0.6) is 0 Å². The average Bonchev–Trinajstić information content (AvgIpc) is 3.09. The molecule has 1 saturated heterocycles. The quantitative estimate of drug-likeness (QED) is 0.434. The van der Waals surface area contributed by atoms with E-state index in [4.69, 9.17) is 4.74 Å². The molecule has 1 aliphatic heterocycles. The summed E-state index contributed by atoms with van der Waals surface area (Å²) >= 11 is 0. The van der Waals surface area contributed by atoms with E-state index >= 15 is 8.78 Å². The fourth-order valence-electron chi connectivity index (χ4n) is 5.74. The molecule has 0 radical (unpaired) electrons. The van der Waals surface area contributed by atoms with Gasteiger partial charge in [-0.2, -0.15) is 0 Å². The molecule has 2 aliphatic rings. The van der Waals surface area contributed by atoms with Gasteiger partial charge in [-0.1, -0.05) is 49.4 Å². The zero-order valence-electron chi connectivity index (χ0n) is 20.5. The smallest absolute Gasteiger partial charge is 0.332 e. The highest BCUT2D eigenvalue weighted by Crippen LogP contribution is 2.55. The number of pyridine rings is 2. The topological polar surface area (TPSA) is 64.1 Å². The molecule has 2 fully saturated rings. The minimum Gasteiger partial charge on any atom is -0.460 e. The number of aryl methyl sites for hydroxylation is 1. The van der Waals surface area contributed by atoms with E-state index in [9.17, 15) is 4.79 Å². The number of alkyl halides is 2. The second-order valence-corrected chi connectivity index (χ2v) is 9.90. The SMILES string of the molecule is Cc1ccccc1-c1ccc(/C=C/[C@@H]2[C@@H]3[C@@H](C)OC(=O)[C@]3(Nc3ccccn3)CC(F)(F)[C@H]2C)nc1. The third kappa shape index (κ3) is 4.16. The number of hydrogen-bond donors (Lipinski definition) is 1. The average molecular weight is 490 g/mol. The molecule has 1 aliphatic carbocycles. The van der Waals surface area contributed by atoms with Crippen molar-refractivity contribution in [2.45, 2.75) is 44.8 Å². The Balaban J connectivity index is 1.47. The minimum atomic E-state index is -3.08. The van der Waals surface area contributed by atoms with Crippen LogP contribution in [0.2, 0.25) is 0 Å². The van der Waals surface area contributed by atoms with Crippen LogP contribution in [0.1, 0.15) is 31.5 Å². The highest BCUT2D eigenvalue weighted by Gasteiger charge is 2.68. The van der Waals surface area contributed by atoms with Crippen LogP contribution in [-0.4, -0.2) is 33.5 Å². The third-order valence-corrected chi connectivity index (χ3v) is 7.65. The Morgan fingerprint density at radius 1 is 1.06 bits per heavy atom. The van der Waals surface area contributed by atoms with E-state index in [1.807, 2.05) is 43.3 Å². The summed E-state index contributed by atoms with van der Waals surface area (Å²) in [5, 5.41) is 3.06. The van der Waals surface area contributed by atoms with Crippen molar-refractivity contribution in [3.63, 3.8) is 0 Å². The highest BCUT2D eigenvalue weighted by atomic mass is 19.3. The predicted molar refractivity (Wildman–Crippen MR) is 135 cm³/mol. The molecule has 0 amide bonds. The Bertz CT molecular complexity index is 1280. The second-order valence-electron chi connectivity index (χ2n) is 9.90. The number of nitrogens with zero attached hydrogens (tertiary/aromatic N) is 2. The van der Waals surface area contributed by atoms with E-state index in [-0.39, 0.29) is 0 Å². The number of esters is 1. The van der Waals surface area contributed by atoms with Gasteiger partial charge < -0.3 is 10.1 Å². The Hall–Kier alpha value is -3.61. The van der Waals surface area contributed by atoms with Crippen LogP contribution in [-0.2, 0) is 9.53 Å². The van der Waals surface area contributed by atoms with Crippen molar-refractivity contribution in [3.05, 3.63) is 84.3 Å². The van der Waals surface area contributed by atoms with Crippen LogP contribution < -0.4 is 5.32 Å². The van der Waals surface area contributed by atoms with Gasteiger partial charge in [0.05, 0.1) is 5.69 Å². The van der Waals surface area contributed by atoms with Gasteiger partial charge in [0.25, 0.3) is 5.92 Å². The van der Waals surface area contributed by atoms with Crippen LogP contribution in [0, 0.1) is 24.7 Å². The minimum absolute atomic E-state index is 0.370. The summed E-state index contributed by atoms with van der Waals surface area (Å²) in [4.78, 5) is 21.8. The number of cyclic esters (lactones) is 1. The Morgan fingerprint density at radius 3 is 2.53 bits per heavy atom. The molecular weight excluding hydrogens is 460 g/mol. The predicted octanol–water partition coefficient (Wildman–Crippen LogP) is 6.17. The van der Waals surface area contributed by atoms with E-state index in [1.54, 1.807) is 56.6 Å². The van der Waals surface area contributed by atoms with Crippen LogP contribution in [0.3, 0.4) is 0 Å². The lowest BCUT2D eigenvalue weighted by Gasteiger charge is -2.48. The van der Waals surface area contributed by atoms with Gasteiger partial charge >= 0.3 is 5.97 Å². The normalized spacial score (nSPS) is 29.1. The summed E-state index contributed by atoms with van der Waals surface area (Å²) in [7, 11) is 0. The van der Waals surface area contributed by atoms with Gasteiger partial charge in [0.2, 0.25) is 0 Å². The van der Waals surface area contributed by atoms with Gasteiger partial charge in [-0.25, -0.2) is 18.6 Å². The Morgan fingerprint density at radius 2 is 1.83 bits per heavy atom. The first-order chi connectivity index (χ1) is 17.2. The van der Waals surface area contributed by atoms with Crippen molar-refractivity contribution < 1.29 is 18.3 Å². The number of nitrogens with one attached hydrogen (secondary N) is 1. The van der Waals surface area contributed by atoms with Gasteiger partial charge in [0.15, 0.2) is 0 Å². The lowest BCUT2D eigenvalue weighted by atomic mass is 9.60. The molecule has 5 atom stereocenters. The molecule has 1 aromatic carbocycles. The number of aromatic nitrogens is 2. The fourth-order valence-corrected chi connectivity index (χ4v) is 5.74. The molecule has 2 aromatic heterocycles. The third-order valence-electron chi connectivity index (χ3n) is 7.65. The molecule has 3 aromatic rings. The van der Waals surface area contributed by atoms with Crippen molar-refractivity contribution in [1.29, 1.82) is 0 Å². The number of anilines is 1. The van der Waals surface area contributed by atoms with E-state index in [2.05, 4.69) is 15.3 Å². The zero-order chi connectivity index (χ0) is 25.5. The van der Waals surface area contributed by atoms with Crippen molar-refractivity contribution in [3.8, 4) is 11.1 Å². The standard InChI is InChI=1S/C29H29F2N3O2/c1-18-8-4-5-9-23(18)21-11-12-22(33-16-21)13-14-24-19(2)29(30,31)17-28(26(24)20(3)36-27(28)35)34-25-10-6-7-15-32-25/h4-16,19-20,24,26H,17H2,1-3H3,(H,32,34)/b14-13+/t19-,20+,24-,26-,28-/m0/s1. The first-order valence-electron chi connectivity index (χ1n) is 12.2. The van der Waals surface area contributed by atoms with Crippen molar-refractivity contribution in [2.24, 2.45) is 17.8 Å². The van der Waals surface area contributed by atoms with Gasteiger partial charge in [0, 0.05) is 36.2 Å². The van der Waals surface area contributed by atoms with Crippen LogP contribution >= 0.6 is 0 Å². The lowest BCUT2D eigenvalue weighted by molar-refractivity contribution is -0.153. The second kappa shape index (κ2) is 9.12. The first-order valence-corrected chi connectivity index (χ1v) is 12.2. The molecule has 0 spiro atoms. The van der Waals surface area contributed by atoms with E-state index in [1.165, 1.54) is 0 Å². The van der Waals surface area contributed by atoms with Gasteiger partial charge in [-0.3, -0.25) is 4.98 Å². The summed E-state index contributed by atoms with van der Waals surface area (Å²) in [6.07, 6.45) is 5.72. The molecule has 0 unspecified atom stereocenters. The molecule has 7 heteroatoms. The summed E-state index contributed by atoms with van der Waals surface area (Å²) < 4.78 is 36.4. The number of carbonyl (C=O) groups excluding carboxylic acids is 1. The van der Waals surface area contributed by atoms with Crippen molar-refractivity contribution >= 4 is 17.9 Å². The molecule has 0 bridgehead atoms. The summed E-state index contributed by atoms with van der Waals surface area (Å²) in [6, 6.07) is 17.1. The Kier molecular flexibility index (Phi) is 6.10. The molecular formula is C29H29F2N3O2. The van der Waals surface area contributed by atoms with Gasteiger partial charge in [-0.15, -0.1) is 0 Å². The maximum atomic E-state index is 15.4. The monoisotopic (exact) mass is 489 g/mol. The first kappa shape index (κ1) is 24.1.